The first kappa shape index (κ1) is 17.0. The largest absolute Gasteiger partial charge is 0.444 e. The Morgan fingerprint density at radius 3 is 2.44 bits per heavy atom. The van der Waals surface area contributed by atoms with Crippen molar-refractivity contribution in [2.45, 2.75) is 25.0 Å². The van der Waals surface area contributed by atoms with Crippen LogP contribution in [0, 0.1) is 0 Å². The van der Waals surface area contributed by atoms with E-state index in [-0.39, 0.29) is 11.9 Å². The Kier molecular flexibility index (Phi) is 4.65. The fraction of sp³-hybridized carbons (Fsp3) is 0.200. The number of carbonyl (C=O) groups excluding carboxylic acids is 2. The SMILES string of the molecule is O=C(O[C@H](C(=O)NC1CC1)c1ccccc1)c1ccc(-n2cncn2)cc1. The van der Waals surface area contributed by atoms with Gasteiger partial charge in [0, 0.05) is 11.6 Å². The topological polar surface area (TPSA) is 86.1 Å². The molecule has 1 amide bonds. The minimum absolute atomic E-state index is 0.185. The second kappa shape index (κ2) is 7.41. The first-order valence-corrected chi connectivity index (χ1v) is 8.72. The molecule has 3 aromatic rings. The van der Waals surface area contributed by atoms with Crippen LogP contribution >= 0.6 is 0 Å². The molecular formula is C20H18N4O3. The van der Waals surface area contributed by atoms with E-state index in [1.54, 1.807) is 47.4 Å². The molecular weight excluding hydrogens is 344 g/mol. The minimum Gasteiger partial charge on any atom is -0.444 e. The molecule has 2 aromatic carbocycles. The molecule has 1 saturated carbocycles. The van der Waals surface area contributed by atoms with Gasteiger partial charge in [0.2, 0.25) is 6.10 Å². The highest BCUT2D eigenvalue weighted by atomic mass is 16.5. The van der Waals surface area contributed by atoms with Crippen molar-refractivity contribution in [2.75, 3.05) is 0 Å². The van der Waals surface area contributed by atoms with Gasteiger partial charge in [-0.25, -0.2) is 14.5 Å². The third kappa shape index (κ3) is 4.03. The molecule has 1 atom stereocenters. The number of carbonyl (C=O) groups is 2. The van der Waals surface area contributed by atoms with Crippen LogP contribution in [0.2, 0.25) is 0 Å². The molecule has 0 aliphatic heterocycles. The normalized spacial score (nSPS) is 14.4. The van der Waals surface area contributed by atoms with Crippen LogP contribution in [-0.4, -0.2) is 32.7 Å². The van der Waals surface area contributed by atoms with Gasteiger partial charge in [-0.05, 0) is 37.1 Å². The molecule has 0 bridgehead atoms. The zero-order valence-corrected chi connectivity index (χ0v) is 14.5. The molecule has 0 saturated heterocycles. The van der Waals surface area contributed by atoms with Crippen molar-refractivity contribution in [3.05, 3.63) is 78.4 Å². The van der Waals surface area contributed by atoms with Crippen molar-refractivity contribution in [1.29, 1.82) is 0 Å². The number of esters is 1. The number of hydrogen-bond donors (Lipinski definition) is 1. The Labute approximate surface area is 156 Å². The number of nitrogens with one attached hydrogen (secondary N) is 1. The second-order valence-corrected chi connectivity index (χ2v) is 6.37. The van der Waals surface area contributed by atoms with E-state index < -0.39 is 12.1 Å². The lowest BCUT2D eigenvalue weighted by Gasteiger charge is -2.18. The number of aromatic nitrogens is 3. The van der Waals surface area contributed by atoms with Gasteiger partial charge in [0.05, 0.1) is 11.3 Å². The van der Waals surface area contributed by atoms with Crippen molar-refractivity contribution in [3.8, 4) is 5.69 Å². The third-order valence-electron chi connectivity index (χ3n) is 4.28. The maximum atomic E-state index is 12.6. The van der Waals surface area contributed by atoms with E-state index in [0.717, 1.165) is 18.5 Å². The van der Waals surface area contributed by atoms with Gasteiger partial charge in [-0.2, -0.15) is 5.10 Å². The smallest absolute Gasteiger partial charge is 0.339 e. The molecule has 7 nitrogen and oxygen atoms in total. The van der Waals surface area contributed by atoms with Crippen LogP contribution in [0.4, 0.5) is 0 Å². The van der Waals surface area contributed by atoms with E-state index in [4.69, 9.17) is 4.74 Å². The van der Waals surface area contributed by atoms with Crippen molar-refractivity contribution >= 4 is 11.9 Å². The van der Waals surface area contributed by atoms with E-state index >= 15 is 0 Å². The lowest BCUT2D eigenvalue weighted by molar-refractivity contribution is -0.130. The summed E-state index contributed by atoms with van der Waals surface area (Å²) in [5.41, 5.74) is 1.78. The molecule has 1 fully saturated rings. The van der Waals surface area contributed by atoms with Gasteiger partial charge in [-0.3, -0.25) is 4.79 Å². The van der Waals surface area contributed by atoms with Gasteiger partial charge in [0.15, 0.2) is 0 Å². The Balaban J connectivity index is 1.51. The Hall–Kier alpha value is -3.48. The summed E-state index contributed by atoms with van der Waals surface area (Å²) in [4.78, 5) is 29.1. The molecule has 27 heavy (non-hydrogen) atoms. The highest BCUT2D eigenvalue weighted by Crippen LogP contribution is 2.24. The highest BCUT2D eigenvalue weighted by Gasteiger charge is 2.31. The number of benzene rings is 2. The van der Waals surface area contributed by atoms with Crippen LogP contribution in [0.5, 0.6) is 0 Å². The molecule has 0 unspecified atom stereocenters. The third-order valence-corrected chi connectivity index (χ3v) is 4.28. The summed E-state index contributed by atoms with van der Waals surface area (Å²) in [6, 6.07) is 16.0. The first-order chi connectivity index (χ1) is 13.2. The number of rotatable bonds is 6. The Bertz CT molecular complexity index is 920. The summed E-state index contributed by atoms with van der Waals surface area (Å²) in [5, 5.41) is 6.94. The number of amides is 1. The van der Waals surface area contributed by atoms with Crippen LogP contribution in [0.25, 0.3) is 5.69 Å². The summed E-state index contributed by atoms with van der Waals surface area (Å²) in [6.07, 6.45) is 3.96. The van der Waals surface area contributed by atoms with Crippen LogP contribution in [0.15, 0.2) is 67.3 Å². The molecule has 4 rings (SSSR count). The summed E-state index contributed by atoms with van der Waals surface area (Å²) in [6.45, 7) is 0. The van der Waals surface area contributed by atoms with Gasteiger partial charge in [0.25, 0.3) is 5.91 Å². The zero-order chi connectivity index (χ0) is 18.6. The standard InChI is InChI=1S/C20H18N4O3/c25-19(23-16-8-9-16)18(14-4-2-1-3-5-14)27-20(26)15-6-10-17(11-7-15)24-13-21-12-22-24/h1-7,10-13,16,18H,8-9H2,(H,23,25)/t18-/m0/s1. The second-order valence-electron chi connectivity index (χ2n) is 6.37. The van der Waals surface area contributed by atoms with Gasteiger partial charge in [-0.15, -0.1) is 0 Å². The van der Waals surface area contributed by atoms with E-state index in [2.05, 4.69) is 15.4 Å². The van der Waals surface area contributed by atoms with Gasteiger partial charge >= 0.3 is 5.97 Å². The average molecular weight is 362 g/mol. The first-order valence-electron chi connectivity index (χ1n) is 8.72. The van der Waals surface area contributed by atoms with Gasteiger partial charge in [-0.1, -0.05) is 30.3 Å². The number of ether oxygens (including phenoxy) is 1. The van der Waals surface area contributed by atoms with Gasteiger partial charge in [0.1, 0.15) is 12.7 Å². The molecule has 1 heterocycles. The van der Waals surface area contributed by atoms with E-state index in [1.165, 1.54) is 6.33 Å². The fourth-order valence-corrected chi connectivity index (χ4v) is 2.67. The summed E-state index contributed by atoms with van der Waals surface area (Å²) in [5.74, 6) is -0.851. The predicted octanol–water partition coefficient (Wildman–Crippen LogP) is 2.44. The lowest BCUT2D eigenvalue weighted by Crippen LogP contribution is -2.33. The Morgan fingerprint density at radius 1 is 1.07 bits per heavy atom. The van der Waals surface area contributed by atoms with Crippen molar-refractivity contribution in [1.82, 2.24) is 20.1 Å². The Morgan fingerprint density at radius 2 is 1.81 bits per heavy atom. The molecule has 136 valence electrons. The maximum absolute atomic E-state index is 12.6. The van der Waals surface area contributed by atoms with Crippen molar-refractivity contribution in [3.63, 3.8) is 0 Å². The van der Waals surface area contributed by atoms with Crippen LogP contribution < -0.4 is 5.32 Å². The quantitative estimate of drug-likeness (QED) is 0.681. The average Bonchev–Trinajstić information content (AvgIpc) is 3.35. The monoisotopic (exact) mass is 362 g/mol. The molecule has 1 aliphatic rings. The molecule has 1 aromatic heterocycles. The molecule has 0 radical (unpaired) electrons. The number of nitrogens with zero attached hydrogens (tertiary/aromatic N) is 3. The summed E-state index contributed by atoms with van der Waals surface area (Å²) < 4.78 is 7.15. The van der Waals surface area contributed by atoms with E-state index in [1.807, 2.05) is 18.2 Å². The highest BCUT2D eigenvalue weighted by molar-refractivity contribution is 5.93. The molecule has 1 N–H and O–H groups in total. The minimum atomic E-state index is -0.978. The van der Waals surface area contributed by atoms with Crippen LogP contribution in [-0.2, 0) is 9.53 Å². The van der Waals surface area contributed by atoms with Crippen LogP contribution in [0.1, 0.15) is 34.9 Å². The van der Waals surface area contributed by atoms with E-state index in [0.29, 0.717) is 11.1 Å². The molecule has 1 aliphatic carbocycles. The summed E-state index contributed by atoms with van der Waals surface area (Å²) in [7, 11) is 0. The number of hydrogen-bond acceptors (Lipinski definition) is 5. The predicted molar refractivity (Wildman–Crippen MR) is 97.1 cm³/mol. The molecule has 7 heteroatoms. The lowest BCUT2D eigenvalue weighted by atomic mass is 10.1. The van der Waals surface area contributed by atoms with Crippen molar-refractivity contribution < 1.29 is 14.3 Å². The van der Waals surface area contributed by atoms with Crippen LogP contribution in [0.3, 0.4) is 0 Å². The zero-order valence-electron chi connectivity index (χ0n) is 14.5. The van der Waals surface area contributed by atoms with Crippen molar-refractivity contribution in [2.24, 2.45) is 0 Å². The fourth-order valence-electron chi connectivity index (χ4n) is 2.67. The van der Waals surface area contributed by atoms with Gasteiger partial charge < -0.3 is 10.1 Å². The summed E-state index contributed by atoms with van der Waals surface area (Å²) >= 11 is 0. The maximum Gasteiger partial charge on any atom is 0.339 e. The molecule has 0 spiro atoms. The van der Waals surface area contributed by atoms with E-state index in [9.17, 15) is 9.59 Å².